The van der Waals surface area contributed by atoms with Crippen LogP contribution in [0, 0.1) is 0 Å². The Labute approximate surface area is 360 Å². The summed E-state index contributed by atoms with van der Waals surface area (Å²) in [5.41, 5.74) is 18.5. The lowest BCUT2D eigenvalue weighted by atomic mass is 9.79. The van der Waals surface area contributed by atoms with Crippen molar-refractivity contribution in [2.24, 2.45) is 0 Å². The SMILES string of the molecule is CC1(C)c2cc(-c3ccccc3-c3cc(-c4cc(-c5ccccc5)cc(-c5ccc6oc7ccccc7c6c5)c4)nc(-c4ccccc4)n3)ccc2-c2ccc3ccccc3c21. The fourth-order valence-electron chi connectivity index (χ4n) is 9.82. The maximum Gasteiger partial charge on any atom is 0.160 e. The summed E-state index contributed by atoms with van der Waals surface area (Å²) < 4.78 is 6.23. The number of benzene rings is 9. The van der Waals surface area contributed by atoms with E-state index >= 15 is 0 Å². The van der Waals surface area contributed by atoms with Crippen molar-refractivity contribution in [2.75, 3.05) is 0 Å². The first-order valence-electron chi connectivity index (χ1n) is 21.3. The average molecular weight is 793 g/mol. The molecule has 0 unspecified atom stereocenters. The molecule has 0 saturated carbocycles. The lowest BCUT2D eigenvalue weighted by Gasteiger charge is -2.24. The van der Waals surface area contributed by atoms with E-state index < -0.39 is 0 Å². The van der Waals surface area contributed by atoms with Gasteiger partial charge in [0.1, 0.15) is 11.2 Å². The highest BCUT2D eigenvalue weighted by atomic mass is 16.3. The summed E-state index contributed by atoms with van der Waals surface area (Å²) in [6, 6.07) is 73.7. The van der Waals surface area contributed by atoms with E-state index in [1.807, 2.05) is 18.2 Å². The van der Waals surface area contributed by atoms with Gasteiger partial charge in [0, 0.05) is 32.9 Å². The van der Waals surface area contributed by atoms with Crippen molar-refractivity contribution in [1.29, 1.82) is 0 Å². The van der Waals surface area contributed by atoms with E-state index in [1.54, 1.807) is 0 Å². The van der Waals surface area contributed by atoms with E-state index in [0.717, 1.165) is 77.8 Å². The second-order valence-electron chi connectivity index (χ2n) is 16.9. The first kappa shape index (κ1) is 36.0. The van der Waals surface area contributed by atoms with Crippen molar-refractivity contribution in [1.82, 2.24) is 9.97 Å². The predicted octanol–water partition coefficient (Wildman–Crippen LogP) is 15.8. The third-order valence-corrected chi connectivity index (χ3v) is 12.9. The molecule has 0 spiro atoms. The van der Waals surface area contributed by atoms with Crippen molar-refractivity contribution in [2.45, 2.75) is 19.3 Å². The van der Waals surface area contributed by atoms with Crippen LogP contribution in [0.4, 0.5) is 0 Å². The first-order valence-corrected chi connectivity index (χ1v) is 21.3. The summed E-state index contributed by atoms with van der Waals surface area (Å²) in [6.07, 6.45) is 0. The highest BCUT2D eigenvalue weighted by Gasteiger charge is 2.37. The molecule has 0 N–H and O–H groups in total. The van der Waals surface area contributed by atoms with Crippen LogP contribution < -0.4 is 0 Å². The van der Waals surface area contributed by atoms with E-state index in [2.05, 4.69) is 202 Å². The van der Waals surface area contributed by atoms with Crippen molar-refractivity contribution in [3.63, 3.8) is 0 Å². The quantitative estimate of drug-likeness (QED) is 0.168. The molecule has 0 saturated heterocycles. The molecule has 12 rings (SSSR count). The van der Waals surface area contributed by atoms with Crippen molar-refractivity contribution in [3.05, 3.63) is 217 Å². The van der Waals surface area contributed by atoms with Gasteiger partial charge in [-0.15, -0.1) is 0 Å². The minimum atomic E-state index is -0.171. The van der Waals surface area contributed by atoms with Crippen LogP contribution in [-0.4, -0.2) is 9.97 Å². The Morgan fingerprint density at radius 2 is 0.968 bits per heavy atom. The molecule has 3 nitrogen and oxygen atoms in total. The molecule has 292 valence electrons. The number of hydrogen-bond donors (Lipinski definition) is 0. The van der Waals surface area contributed by atoms with Crippen LogP contribution in [0.25, 0.3) is 111 Å². The molecule has 1 aliphatic carbocycles. The van der Waals surface area contributed by atoms with E-state index in [4.69, 9.17) is 14.4 Å². The first-order chi connectivity index (χ1) is 30.5. The zero-order valence-corrected chi connectivity index (χ0v) is 34.4. The van der Waals surface area contributed by atoms with Gasteiger partial charge in [-0.2, -0.15) is 0 Å². The van der Waals surface area contributed by atoms with Crippen molar-refractivity contribution < 1.29 is 4.42 Å². The van der Waals surface area contributed by atoms with Gasteiger partial charge in [0.25, 0.3) is 0 Å². The Bertz CT molecular complexity index is 3540. The van der Waals surface area contributed by atoms with E-state index in [-0.39, 0.29) is 5.41 Å². The van der Waals surface area contributed by atoms with Crippen LogP contribution in [-0.2, 0) is 5.41 Å². The summed E-state index contributed by atoms with van der Waals surface area (Å²) in [6.45, 7) is 4.74. The maximum absolute atomic E-state index is 6.23. The molecule has 62 heavy (non-hydrogen) atoms. The summed E-state index contributed by atoms with van der Waals surface area (Å²) in [4.78, 5) is 10.7. The lowest BCUT2D eigenvalue weighted by molar-refractivity contribution is 0.666. The molecule has 0 fully saturated rings. The molecular formula is C59H40N2O. The Morgan fingerprint density at radius 1 is 0.355 bits per heavy atom. The fourth-order valence-corrected chi connectivity index (χ4v) is 9.82. The van der Waals surface area contributed by atoms with E-state index in [0.29, 0.717) is 5.82 Å². The normalized spacial score (nSPS) is 12.8. The molecule has 0 aliphatic heterocycles. The smallest absolute Gasteiger partial charge is 0.160 e. The maximum atomic E-state index is 6.23. The third-order valence-electron chi connectivity index (χ3n) is 12.9. The Hall–Kier alpha value is -7.88. The number of rotatable bonds is 6. The molecule has 9 aromatic carbocycles. The van der Waals surface area contributed by atoms with Gasteiger partial charge < -0.3 is 4.42 Å². The van der Waals surface area contributed by atoms with Gasteiger partial charge in [-0.1, -0.05) is 172 Å². The van der Waals surface area contributed by atoms with E-state index in [9.17, 15) is 0 Å². The predicted molar refractivity (Wildman–Crippen MR) is 257 cm³/mol. The van der Waals surface area contributed by atoms with Gasteiger partial charge in [-0.05, 0) is 115 Å². The van der Waals surface area contributed by atoms with Gasteiger partial charge in [0.15, 0.2) is 5.82 Å². The zero-order chi connectivity index (χ0) is 41.4. The van der Waals surface area contributed by atoms with Crippen LogP contribution in [0.3, 0.4) is 0 Å². The molecule has 1 aliphatic rings. The van der Waals surface area contributed by atoms with Crippen LogP contribution in [0.1, 0.15) is 25.0 Å². The number of furan rings is 1. The molecule has 2 aromatic heterocycles. The van der Waals surface area contributed by atoms with Gasteiger partial charge >= 0.3 is 0 Å². The second kappa shape index (κ2) is 14.1. The van der Waals surface area contributed by atoms with Gasteiger partial charge in [0.2, 0.25) is 0 Å². The monoisotopic (exact) mass is 792 g/mol. The Kier molecular flexibility index (Phi) is 8.20. The number of aromatic nitrogens is 2. The number of nitrogens with zero attached hydrogens (tertiary/aromatic N) is 2. The Balaban J connectivity index is 1.03. The zero-order valence-electron chi connectivity index (χ0n) is 34.4. The Morgan fingerprint density at radius 3 is 1.79 bits per heavy atom. The molecule has 2 heterocycles. The second-order valence-corrected chi connectivity index (χ2v) is 16.9. The standard InChI is InChI=1S/C59H40N2O/c1-59(2)52-35-41(26-28-47(52)50-29-25-38-17-9-10-21-46(38)57(50)59)45-20-11-12-22-48(45)54-36-53(60-58(61-54)39-18-7-4-8-19-39)44-32-42(37-15-5-3-6-16-37)31-43(33-44)40-27-30-56-51(34-40)49-23-13-14-24-55(49)62-56/h3-36H,1-2H3. The van der Waals surface area contributed by atoms with Crippen LogP contribution >= 0.6 is 0 Å². The molecular weight excluding hydrogens is 753 g/mol. The molecule has 0 amide bonds. The van der Waals surface area contributed by atoms with Gasteiger partial charge in [-0.3, -0.25) is 0 Å². The van der Waals surface area contributed by atoms with Crippen LogP contribution in [0.5, 0.6) is 0 Å². The van der Waals surface area contributed by atoms with Crippen molar-refractivity contribution in [3.8, 4) is 78.4 Å². The average Bonchev–Trinajstić information content (AvgIpc) is 3.82. The minimum absolute atomic E-state index is 0.171. The van der Waals surface area contributed by atoms with E-state index in [1.165, 1.54) is 38.6 Å². The molecule has 11 aromatic rings. The molecule has 0 atom stereocenters. The number of fused-ring (bicyclic) bond motifs is 8. The highest BCUT2D eigenvalue weighted by molar-refractivity contribution is 6.06. The molecule has 0 bridgehead atoms. The highest BCUT2D eigenvalue weighted by Crippen LogP contribution is 2.52. The van der Waals surface area contributed by atoms with Crippen LogP contribution in [0.2, 0.25) is 0 Å². The van der Waals surface area contributed by atoms with Crippen LogP contribution in [0.15, 0.2) is 211 Å². The van der Waals surface area contributed by atoms with Gasteiger partial charge in [-0.25, -0.2) is 9.97 Å². The number of para-hydroxylation sites is 1. The largest absolute Gasteiger partial charge is 0.456 e. The molecule has 0 radical (unpaired) electrons. The third kappa shape index (κ3) is 5.89. The van der Waals surface area contributed by atoms with Crippen molar-refractivity contribution >= 4 is 32.7 Å². The summed E-state index contributed by atoms with van der Waals surface area (Å²) in [7, 11) is 0. The fraction of sp³-hybridized carbons (Fsp3) is 0.0508. The molecule has 3 heteroatoms. The summed E-state index contributed by atoms with van der Waals surface area (Å²) in [5.74, 6) is 0.684. The van der Waals surface area contributed by atoms with Gasteiger partial charge in [0.05, 0.1) is 11.4 Å². The summed E-state index contributed by atoms with van der Waals surface area (Å²) >= 11 is 0. The number of hydrogen-bond acceptors (Lipinski definition) is 3. The summed E-state index contributed by atoms with van der Waals surface area (Å²) in [5, 5.41) is 4.82. The minimum Gasteiger partial charge on any atom is -0.456 e. The topological polar surface area (TPSA) is 38.9 Å². The lowest BCUT2D eigenvalue weighted by Crippen LogP contribution is -2.15.